The van der Waals surface area contributed by atoms with Crippen LogP contribution in [0.4, 0.5) is 10.1 Å². The van der Waals surface area contributed by atoms with Crippen LogP contribution in [0.1, 0.15) is 43.0 Å². The molecule has 1 heterocycles. The van der Waals surface area contributed by atoms with Crippen molar-refractivity contribution < 1.29 is 14.1 Å². The van der Waals surface area contributed by atoms with Gasteiger partial charge in [0.15, 0.2) is 0 Å². The number of nitro benzene ring substituents is 1. The van der Waals surface area contributed by atoms with Crippen LogP contribution in [0.15, 0.2) is 18.2 Å². The average molecular weight is 323 g/mol. The molecule has 2 rings (SSSR count). The molecule has 6 nitrogen and oxygen atoms in total. The fourth-order valence-corrected chi connectivity index (χ4v) is 2.87. The SMILES string of the molecule is C[C@H]1CCCCN1CCCNC(=O)c1ccc(F)c([N+](=O)[O-])c1. The molecule has 1 fully saturated rings. The molecule has 126 valence electrons. The molecule has 0 spiro atoms. The third-order valence-corrected chi connectivity index (χ3v) is 4.25. The highest BCUT2D eigenvalue weighted by atomic mass is 19.1. The fourth-order valence-electron chi connectivity index (χ4n) is 2.87. The Balaban J connectivity index is 1.81. The third-order valence-electron chi connectivity index (χ3n) is 4.25. The largest absolute Gasteiger partial charge is 0.352 e. The Hall–Kier alpha value is -2.02. The van der Waals surface area contributed by atoms with Crippen LogP contribution in [0.5, 0.6) is 0 Å². The van der Waals surface area contributed by atoms with E-state index in [9.17, 15) is 19.3 Å². The Kier molecular flexibility index (Phi) is 6.04. The van der Waals surface area contributed by atoms with Gasteiger partial charge in [0.2, 0.25) is 5.82 Å². The van der Waals surface area contributed by atoms with Gasteiger partial charge in [0, 0.05) is 30.8 Å². The maximum atomic E-state index is 13.3. The van der Waals surface area contributed by atoms with Crippen LogP contribution < -0.4 is 5.32 Å². The summed E-state index contributed by atoms with van der Waals surface area (Å²) in [4.78, 5) is 24.3. The monoisotopic (exact) mass is 323 g/mol. The van der Waals surface area contributed by atoms with E-state index in [1.807, 2.05) is 0 Å². The Morgan fingerprint density at radius 2 is 2.26 bits per heavy atom. The van der Waals surface area contributed by atoms with E-state index in [-0.39, 0.29) is 5.56 Å². The first-order valence-electron chi connectivity index (χ1n) is 7.95. The van der Waals surface area contributed by atoms with Gasteiger partial charge in [0.1, 0.15) is 0 Å². The van der Waals surface area contributed by atoms with Crippen LogP contribution >= 0.6 is 0 Å². The third kappa shape index (κ3) is 4.72. The smallest absolute Gasteiger partial charge is 0.305 e. The minimum atomic E-state index is -0.939. The summed E-state index contributed by atoms with van der Waals surface area (Å²) in [5, 5.41) is 13.4. The summed E-state index contributed by atoms with van der Waals surface area (Å²) in [5.41, 5.74) is -0.579. The predicted molar refractivity (Wildman–Crippen MR) is 84.9 cm³/mol. The van der Waals surface area contributed by atoms with Crippen LogP contribution in [0, 0.1) is 15.9 Å². The van der Waals surface area contributed by atoms with Crippen molar-refractivity contribution in [1.29, 1.82) is 0 Å². The maximum absolute atomic E-state index is 13.3. The van der Waals surface area contributed by atoms with E-state index in [1.54, 1.807) is 0 Å². The van der Waals surface area contributed by atoms with Gasteiger partial charge in [0.25, 0.3) is 5.91 Å². The van der Waals surface area contributed by atoms with Crippen molar-refractivity contribution in [3.05, 3.63) is 39.7 Å². The molecule has 1 atom stereocenters. The Morgan fingerprint density at radius 1 is 1.48 bits per heavy atom. The number of piperidine rings is 1. The zero-order valence-electron chi connectivity index (χ0n) is 13.3. The average Bonchev–Trinajstić information content (AvgIpc) is 2.53. The van der Waals surface area contributed by atoms with Gasteiger partial charge in [-0.3, -0.25) is 14.9 Å². The van der Waals surface area contributed by atoms with E-state index in [0.717, 1.165) is 31.6 Å². The Morgan fingerprint density at radius 3 is 2.96 bits per heavy atom. The molecule has 0 unspecified atom stereocenters. The normalized spacial score (nSPS) is 18.6. The summed E-state index contributed by atoms with van der Waals surface area (Å²) >= 11 is 0. The van der Waals surface area contributed by atoms with Crippen LogP contribution in [-0.4, -0.2) is 41.4 Å². The zero-order chi connectivity index (χ0) is 16.8. The highest BCUT2D eigenvalue weighted by molar-refractivity contribution is 5.94. The van der Waals surface area contributed by atoms with E-state index in [2.05, 4.69) is 17.1 Å². The molecule has 0 aromatic heterocycles. The van der Waals surface area contributed by atoms with Gasteiger partial charge in [-0.25, -0.2) is 0 Å². The van der Waals surface area contributed by atoms with Crippen molar-refractivity contribution in [1.82, 2.24) is 10.2 Å². The van der Waals surface area contributed by atoms with Gasteiger partial charge in [0.05, 0.1) is 4.92 Å². The number of nitro groups is 1. The lowest BCUT2D eigenvalue weighted by molar-refractivity contribution is -0.387. The minimum Gasteiger partial charge on any atom is -0.352 e. The second kappa shape index (κ2) is 8.01. The van der Waals surface area contributed by atoms with Crippen LogP contribution in [0.2, 0.25) is 0 Å². The zero-order valence-corrected chi connectivity index (χ0v) is 13.3. The first-order valence-corrected chi connectivity index (χ1v) is 7.95. The molecule has 1 N–H and O–H groups in total. The molecule has 0 radical (unpaired) electrons. The standard InChI is InChI=1S/C16H22FN3O3/c1-12-5-2-3-9-19(12)10-4-8-18-16(21)13-6-7-14(17)15(11-13)20(22)23/h6-7,11-12H,2-5,8-10H2,1H3,(H,18,21)/t12-/m0/s1. The second-order valence-corrected chi connectivity index (χ2v) is 5.91. The van der Waals surface area contributed by atoms with Crippen molar-refractivity contribution in [2.75, 3.05) is 19.6 Å². The number of halogens is 1. The lowest BCUT2D eigenvalue weighted by Crippen LogP contribution is -2.39. The molecule has 0 saturated carbocycles. The van der Waals surface area contributed by atoms with Crippen molar-refractivity contribution in [2.45, 2.75) is 38.6 Å². The number of rotatable bonds is 6. The van der Waals surface area contributed by atoms with E-state index in [1.165, 1.54) is 25.3 Å². The topological polar surface area (TPSA) is 75.5 Å². The highest BCUT2D eigenvalue weighted by Crippen LogP contribution is 2.18. The molecule has 1 aliphatic rings. The van der Waals surface area contributed by atoms with Gasteiger partial charge in [-0.1, -0.05) is 6.42 Å². The van der Waals surface area contributed by atoms with Gasteiger partial charge >= 0.3 is 5.69 Å². The van der Waals surface area contributed by atoms with Gasteiger partial charge in [-0.2, -0.15) is 4.39 Å². The molecule has 7 heteroatoms. The molecule has 1 saturated heterocycles. The first kappa shape index (κ1) is 17.3. The van der Waals surface area contributed by atoms with Crippen LogP contribution in [0.3, 0.4) is 0 Å². The maximum Gasteiger partial charge on any atom is 0.305 e. The van der Waals surface area contributed by atoms with Crippen molar-refractivity contribution in [2.24, 2.45) is 0 Å². The quantitative estimate of drug-likeness (QED) is 0.496. The molecule has 1 aromatic rings. The number of hydrogen-bond acceptors (Lipinski definition) is 4. The molecule has 1 amide bonds. The summed E-state index contributed by atoms with van der Waals surface area (Å²) in [7, 11) is 0. The lowest BCUT2D eigenvalue weighted by Gasteiger charge is -2.33. The van der Waals surface area contributed by atoms with E-state index in [4.69, 9.17) is 0 Å². The molecule has 0 bridgehead atoms. The summed E-state index contributed by atoms with van der Waals surface area (Å²) in [6, 6.07) is 3.75. The fraction of sp³-hybridized carbons (Fsp3) is 0.562. The van der Waals surface area contributed by atoms with Crippen LogP contribution in [0.25, 0.3) is 0 Å². The van der Waals surface area contributed by atoms with Gasteiger partial charge in [-0.15, -0.1) is 0 Å². The van der Waals surface area contributed by atoms with E-state index >= 15 is 0 Å². The Labute approximate surface area is 134 Å². The molecule has 0 aliphatic carbocycles. The van der Waals surface area contributed by atoms with E-state index in [0.29, 0.717) is 12.6 Å². The van der Waals surface area contributed by atoms with Gasteiger partial charge in [-0.05, 0) is 44.9 Å². The van der Waals surface area contributed by atoms with Crippen molar-refractivity contribution in [3.63, 3.8) is 0 Å². The summed E-state index contributed by atoms with van der Waals surface area (Å²) in [6.45, 7) is 4.73. The highest BCUT2D eigenvalue weighted by Gasteiger charge is 2.19. The molecule has 23 heavy (non-hydrogen) atoms. The second-order valence-electron chi connectivity index (χ2n) is 5.91. The molecular formula is C16H22FN3O3. The number of amides is 1. The number of carbonyl (C=O) groups excluding carboxylic acids is 1. The number of hydrogen-bond donors (Lipinski definition) is 1. The van der Waals surface area contributed by atoms with Crippen molar-refractivity contribution in [3.8, 4) is 0 Å². The molecular weight excluding hydrogens is 301 g/mol. The molecule has 1 aromatic carbocycles. The number of benzene rings is 1. The number of nitrogens with zero attached hydrogens (tertiary/aromatic N) is 2. The minimum absolute atomic E-state index is 0.101. The Bertz CT molecular complexity index is 580. The summed E-state index contributed by atoms with van der Waals surface area (Å²) in [5.74, 6) is -1.36. The predicted octanol–water partition coefficient (Wildman–Crippen LogP) is 2.73. The number of carbonyl (C=O) groups is 1. The van der Waals surface area contributed by atoms with E-state index < -0.39 is 22.3 Å². The lowest BCUT2D eigenvalue weighted by atomic mass is 10.0. The number of nitrogens with one attached hydrogen (secondary N) is 1. The summed E-state index contributed by atoms with van der Waals surface area (Å²) < 4.78 is 13.3. The summed E-state index contributed by atoms with van der Waals surface area (Å²) in [6.07, 6.45) is 4.53. The van der Waals surface area contributed by atoms with Crippen molar-refractivity contribution >= 4 is 11.6 Å². The number of likely N-dealkylation sites (tertiary alicyclic amines) is 1. The molecule has 1 aliphatic heterocycles. The first-order chi connectivity index (χ1) is 11.0. The van der Waals surface area contributed by atoms with Gasteiger partial charge < -0.3 is 10.2 Å². The van der Waals surface area contributed by atoms with Crippen LogP contribution in [-0.2, 0) is 0 Å².